The molecule has 24 heavy (non-hydrogen) atoms. The maximum Gasteiger partial charge on any atom is 0.247 e. The Bertz CT molecular complexity index is 592. The number of aromatic hydroxyl groups is 1. The Kier molecular flexibility index (Phi) is 6.23. The lowest BCUT2D eigenvalue weighted by atomic mass is 9.88. The van der Waals surface area contributed by atoms with Gasteiger partial charge < -0.3 is 15.7 Å². The third-order valence-electron chi connectivity index (χ3n) is 4.63. The Morgan fingerprint density at radius 2 is 1.83 bits per heavy atom. The topological polar surface area (TPSA) is 78.4 Å². The summed E-state index contributed by atoms with van der Waals surface area (Å²) in [5, 5.41) is 15.6. The molecule has 0 aliphatic heterocycles. The van der Waals surface area contributed by atoms with E-state index in [1.54, 1.807) is 12.1 Å². The molecular formula is C19H28N2O3. The third-order valence-corrected chi connectivity index (χ3v) is 4.63. The van der Waals surface area contributed by atoms with E-state index in [1.807, 2.05) is 26.8 Å². The molecule has 0 aromatic heterocycles. The maximum absolute atomic E-state index is 12.6. The van der Waals surface area contributed by atoms with Crippen molar-refractivity contribution in [2.45, 2.75) is 58.9 Å². The monoisotopic (exact) mass is 332 g/mol. The number of phenols is 1. The van der Waals surface area contributed by atoms with Crippen LogP contribution in [0.5, 0.6) is 5.75 Å². The summed E-state index contributed by atoms with van der Waals surface area (Å²) >= 11 is 0. The predicted octanol–water partition coefficient (Wildman–Crippen LogP) is 3.36. The van der Waals surface area contributed by atoms with E-state index in [0.29, 0.717) is 5.69 Å². The molecule has 2 rings (SSSR count). The van der Waals surface area contributed by atoms with Crippen LogP contribution in [0.2, 0.25) is 0 Å². The van der Waals surface area contributed by atoms with E-state index in [-0.39, 0.29) is 29.4 Å². The second kappa shape index (κ2) is 8.18. The van der Waals surface area contributed by atoms with E-state index in [2.05, 4.69) is 10.6 Å². The van der Waals surface area contributed by atoms with E-state index in [0.717, 1.165) is 31.2 Å². The van der Waals surface area contributed by atoms with Crippen LogP contribution in [0.25, 0.3) is 0 Å². The van der Waals surface area contributed by atoms with Crippen LogP contribution in [-0.2, 0) is 9.59 Å². The van der Waals surface area contributed by atoms with Gasteiger partial charge in [-0.05, 0) is 43.4 Å². The molecule has 5 nitrogen and oxygen atoms in total. The number of carbonyl (C=O) groups excluding carboxylic acids is 2. The van der Waals surface area contributed by atoms with E-state index in [1.165, 1.54) is 6.42 Å². The number of anilines is 1. The van der Waals surface area contributed by atoms with Crippen molar-refractivity contribution in [3.63, 3.8) is 0 Å². The smallest absolute Gasteiger partial charge is 0.247 e. The van der Waals surface area contributed by atoms with Crippen molar-refractivity contribution >= 4 is 17.5 Å². The fourth-order valence-corrected chi connectivity index (χ4v) is 3.13. The van der Waals surface area contributed by atoms with E-state index in [9.17, 15) is 14.7 Å². The van der Waals surface area contributed by atoms with Crippen molar-refractivity contribution < 1.29 is 14.7 Å². The number of hydrogen-bond donors (Lipinski definition) is 3. The molecule has 0 unspecified atom stereocenters. The highest BCUT2D eigenvalue weighted by Crippen LogP contribution is 2.26. The fraction of sp³-hybridized carbons (Fsp3) is 0.579. The zero-order valence-electron chi connectivity index (χ0n) is 14.8. The van der Waals surface area contributed by atoms with Crippen LogP contribution in [0, 0.1) is 18.8 Å². The van der Waals surface area contributed by atoms with Gasteiger partial charge >= 0.3 is 0 Å². The first-order chi connectivity index (χ1) is 11.4. The van der Waals surface area contributed by atoms with Crippen molar-refractivity contribution in [2.75, 3.05) is 5.32 Å². The SMILES string of the molecule is Cc1ccc(NC(=O)[C@H](NC(=O)C2CCCCC2)C(C)C)c(O)c1. The molecule has 0 spiro atoms. The number of aryl methyl sites for hydroxylation is 1. The molecule has 1 fully saturated rings. The summed E-state index contributed by atoms with van der Waals surface area (Å²) in [6, 6.07) is 4.48. The van der Waals surface area contributed by atoms with Gasteiger partial charge in [0.2, 0.25) is 11.8 Å². The average Bonchev–Trinajstić information content (AvgIpc) is 2.55. The normalized spacial score (nSPS) is 16.7. The summed E-state index contributed by atoms with van der Waals surface area (Å²) in [4.78, 5) is 25.0. The van der Waals surface area contributed by atoms with Gasteiger partial charge in [-0.15, -0.1) is 0 Å². The van der Waals surface area contributed by atoms with Crippen LogP contribution in [0.15, 0.2) is 18.2 Å². The second-order valence-electron chi connectivity index (χ2n) is 7.08. The quantitative estimate of drug-likeness (QED) is 0.724. The number of nitrogens with one attached hydrogen (secondary N) is 2. The molecule has 0 heterocycles. The van der Waals surface area contributed by atoms with Gasteiger partial charge in [-0.25, -0.2) is 0 Å². The van der Waals surface area contributed by atoms with Crippen molar-refractivity contribution in [1.82, 2.24) is 5.32 Å². The number of phenolic OH excluding ortho intramolecular Hbond substituents is 1. The summed E-state index contributed by atoms with van der Waals surface area (Å²) in [6.45, 7) is 5.67. The first-order valence-corrected chi connectivity index (χ1v) is 8.79. The lowest BCUT2D eigenvalue weighted by Crippen LogP contribution is -2.49. The molecule has 3 N–H and O–H groups in total. The minimum atomic E-state index is -0.611. The number of amides is 2. The summed E-state index contributed by atoms with van der Waals surface area (Å²) in [5.41, 5.74) is 1.28. The summed E-state index contributed by atoms with van der Waals surface area (Å²) in [7, 11) is 0. The third kappa shape index (κ3) is 4.73. The van der Waals surface area contributed by atoms with Crippen molar-refractivity contribution in [2.24, 2.45) is 11.8 Å². The van der Waals surface area contributed by atoms with Crippen LogP contribution in [0.3, 0.4) is 0 Å². The molecule has 0 bridgehead atoms. The Morgan fingerprint density at radius 3 is 2.42 bits per heavy atom. The van der Waals surface area contributed by atoms with Crippen molar-refractivity contribution in [3.8, 4) is 5.75 Å². The van der Waals surface area contributed by atoms with Crippen LogP contribution in [-0.4, -0.2) is 23.0 Å². The first kappa shape index (κ1) is 18.3. The van der Waals surface area contributed by atoms with E-state index >= 15 is 0 Å². The first-order valence-electron chi connectivity index (χ1n) is 8.79. The maximum atomic E-state index is 12.6. The molecule has 1 aromatic rings. The molecule has 0 saturated heterocycles. The van der Waals surface area contributed by atoms with Crippen molar-refractivity contribution in [1.29, 1.82) is 0 Å². The minimum absolute atomic E-state index is 0.0144. The molecule has 1 saturated carbocycles. The molecule has 0 radical (unpaired) electrons. The fourth-order valence-electron chi connectivity index (χ4n) is 3.13. The molecule has 1 atom stereocenters. The number of benzene rings is 1. The average molecular weight is 332 g/mol. The van der Waals surface area contributed by atoms with Crippen LogP contribution < -0.4 is 10.6 Å². The Morgan fingerprint density at radius 1 is 1.17 bits per heavy atom. The van der Waals surface area contributed by atoms with Gasteiger partial charge in [0.15, 0.2) is 0 Å². The summed E-state index contributed by atoms with van der Waals surface area (Å²) in [5.74, 6) is -0.319. The van der Waals surface area contributed by atoms with Crippen LogP contribution in [0.4, 0.5) is 5.69 Å². The molecule has 1 aromatic carbocycles. The molecular weight excluding hydrogens is 304 g/mol. The standard InChI is InChI=1S/C19H28N2O3/c1-12(2)17(21-18(23)14-7-5-4-6-8-14)19(24)20-15-10-9-13(3)11-16(15)22/h9-12,14,17,22H,4-8H2,1-3H3,(H,20,24)(H,21,23)/t17-/m1/s1. The number of carbonyl (C=O) groups is 2. The van der Waals surface area contributed by atoms with E-state index < -0.39 is 6.04 Å². The highest BCUT2D eigenvalue weighted by atomic mass is 16.3. The van der Waals surface area contributed by atoms with Crippen LogP contribution >= 0.6 is 0 Å². The molecule has 132 valence electrons. The molecule has 5 heteroatoms. The van der Waals surface area contributed by atoms with Crippen LogP contribution in [0.1, 0.15) is 51.5 Å². The molecule has 1 aliphatic carbocycles. The summed E-state index contributed by atoms with van der Waals surface area (Å²) < 4.78 is 0. The molecule has 1 aliphatic rings. The van der Waals surface area contributed by atoms with Crippen molar-refractivity contribution in [3.05, 3.63) is 23.8 Å². The van der Waals surface area contributed by atoms with Gasteiger partial charge in [0, 0.05) is 5.92 Å². The van der Waals surface area contributed by atoms with Gasteiger partial charge in [-0.3, -0.25) is 9.59 Å². The predicted molar refractivity (Wildman–Crippen MR) is 94.8 cm³/mol. The zero-order chi connectivity index (χ0) is 17.7. The Labute approximate surface area is 143 Å². The Hall–Kier alpha value is -2.04. The number of hydrogen-bond acceptors (Lipinski definition) is 3. The second-order valence-corrected chi connectivity index (χ2v) is 7.08. The molecule has 2 amide bonds. The van der Waals surface area contributed by atoms with Gasteiger partial charge in [0.05, 0.1) is 5.69 Å². The largest absolute Gasteiger partial charge is 0.506 e. The zero-order valence-corrected chi connectivity index (χ0v) is 14.8. The minimum Gasteiger partial charge on any atom is -0.506 e. The van der Waals surface area contributed by atoms with Gasteiger partial charge in [0.25, 0.3) is 0 Å². The lowest BCUT2D eigenvalue weighted by Gasteiger charge is -2.26. The highest BCUT2D eigenvalue weighted by molar-refractivity contribution is 5.98. The summed E-state index contributed by atoms with van der Waals surface area (Å²) in [6.07, 6.45) is 5.14. The van der Waals surface area contributed by atoms with E-state index in [4.69, 9.17) is 0 Å². The highest BCUT2D eigenvalue weighted by Gasteiger charge is 2.28. The van der Waals surface area contributed by atoms with Gasteiger partial charge in [0.1, 0.15) is 11.8 Å². The number of rotatable bonds is 5. The Balaban J connectivity index is 2.03. The lowest BCUT2D eigenvalue weighted by molar-refractivity contribution is -0.130. The van der Waals surface area contributed by atoms with Gasteiger partial charge in [-0.1, -0.05) is 39.2 Å². The van der Waals surface area contributed by atoms with Gasteiger partial charge in [-0.2, -0.15) is 0 Å².